The molecule has 5 rings (SSSR count). The Labute approximate surface area is 207 Å². The third-order valence-electron chi connectivity index (χ3n) is 7.58. The van der Waals surface area contributed by atoms with Crippen molar-refractivity contribution in [1.29, 1.82) is 0 Å². The van der Waals surface area contributed by atoms with Crippen molar-refractivity contribution in [1.82, 2.24) is 19.9 Å². The van der Waals surface area contributed by atoms with E-state index in [0.717, 1.165) is 63.2 Å². The van der Waals surface area contributed by atoms with Crippen molar-refractivity contribution in [3.63, 3.8) is 0 Å². The molecule has 2 saturated heterocycles. The second-order valence-electron chi connectivity index (χ2n) is 9.93. The first-order chi connectivity index (χ1) is 17.0. The first-order valence-electron chi connectivity index (χ1n) is 12.7. The van der Waals surface area contributed by atoms with Gasteiger partial charge in [-0.1, -0.05) is 41.6 Å². The number of aromatic nitrogens is 2. The summed E-state index contributed by atoms with van der Waals surface area (Å²) in [5.41, 5.74) is 6.07. The third-order valence-corrected chi connectivity index (χ3v) is 7.58. The quantitative estimate of drug-likeness (QED) is 0.553. The lowest BCUT2D eigenvalue weighted by Crippen LogP contribution is -2.52. The second-order valence-corrected chi connectivity index (χ2v) is 9.93. The van der Waals surface area contributed by atoms with Gasteiger partial charge in [-0.25, -0.2) is 0 Å². The number of rotatable bonds is 5. The predicted octanol–water partition coefficient (Wildman–Crippen LogP) is 4.22. The summed E-state index contributed by atoms with van der Waals surface area (Å²) in [6, 6.07) is 14.5. The van der Waals surface area contributed by atoms with Crippen molar-refractivity contribution in [3.05, 3.63) is 65.0 Å². The SMILES string of the molecule is Cc1ccccc1-c1noc(CN2CCCC(C(=O)N3CCN(c4cccc(C)c4C)CC3)C2)n1. The molecule has 35 heavy (non-hydrogen) atoms. The highest BCUT2D eigenvalue weighted by molar-refractivity contribution is 5.79. The number of carbonyl (C=O) groups excluding carboxylic acids is 1. The van der Waals surface area contributed by atoms with E-state index in [1.165, 1.54) is 16.8 Å². The van der Waals surface area contributed by atoms with E-state index in [9.17, 15) is 4.79 Å². The van der Waals surface area contributed by atoms with Crippen LogP contribution in [0, 0.1) is 26.7 Å². The van der Waals surface area contributed by atoms with E-state index in [1.54, 1.807) is 0 Å². The summed E-state index contributed by atoms with van der Waals surface area (Å²) in [7, 11) is 0. The van der Waals surface area contributed by atoms with E-state index in [1.807, 2.05) is 31.2 Å². The van der Waals surface area contributed by atoms with Gasteiger partial charge in [0.25, 0.3) is 0 Å². The summed E-state index contributed by atoms with van der Waals surface area (Å²) < 4.78 is 5.56. The Bertz CT molecular complexity index is 1180. The lowest BCUT2D eigenvalue weighted by atomic mass is 9.96. The zero-order chi connectivity index (χ0) is 24.4. The van der Waals surface area contributed by atoms with Crippen LogP contribution in [0.4, 0.5) is 5.69 Å². The maximum atomic E-state index is 13.4. The van der Waals surface area contributed by atoms with Crippen LogP contribution in [0.1, 0.15) is 35.4 Å². The van der Waals surface area contributed by atoms with E-state index >= 15 is 0 Å². The van der Waals surface area contributed by atoms with Gasteiger partial charge in [0.15, 0.2) is 0 Å². The van der Waals surface area contributed by atoms with Crippen LogP contribution in [0.3, 0.4) is 0 Å². The molecule has 2 aromatic carbocycles. The minimum atomic E-state index is 0.0368. The van der Waals surface area contributed by atoms with Crippen LogP contribution >= 0.6 is 0 Å². The molecule has 1 unspecified atom stereocenters. The van der Waals surface area contributed by atoms with Crippen LogP contribution in [0.2, 0.25) is 0 Å². The number of aryl methyl sites for hydroxylation is 2. The molecule has 3 heterocycles. The molecule has 2 fully saturated rings. The van der Waals surface area contributed by atoms with Crippen LogP contribution < -0.4 is 4.90 Å². The highest BCUT2D eigenvalue weighted by atomic mass is 16.5. The van der Waals surface area contributed by atoms with E-state index in [2.05, 4.69) is 56.9 Å². The minimum Gasteiger partial charge on any atom is -0.368 e. The molecule has 0 saturated carbocycles. The first kappa shape index (κ1) is 23.5. The molecule has 2 aliphatic rings. The van der Waals surface area contributed by atoms with Gasteiger partial charge in [0, 0.05) is 44.0 Å². The molecule has 7 nitrogen and oxygen atoms in total. The zero-order valence-electron chi connectivity index (χ0n) is 21.0. The molecule has 3 aromatic rings. The number of piperidine rings is 1. The van der Waals surface area contributed by atoms with Crippen LogP contribution in [0.5, 0.6) is 0 Å². The maximum absolute atomic E-state index is 13.4. The molecule has 7 heteroatoms. The Kier molecular flexibility index (Phi) is 6.86. The van der Waals surface area contributed by atoms with E-state index in [4.69, 9.17) is 4.52 Å². The lowest BCUT2D eigenvalue weighted by molar-refractivity contribution is -0.137. The van der Waals surface area contributed by atoms with E-state index < -0.39 is 0 Å². The van der Waals surface area contributed by atoms with Crippen LogP contribution in [-0.4, -0.2) is 65.1 Å². The molecular weight excluding hydrogens is 438 g/mol. The molecular formula is C28H35N5O2. The van der Waals surface area contributed by atoms with E-state index in [0.29, 0.717) is 24.2 Å². The molecule has 0 bridgehead atoms. The highest BCUT2D eigenvalue weighted by Crippen LogP contribution is 2.26. The standard InChI is InChI=1S/C28H35N5O2/c1-20-9-6-12-25(22(20)3)32-14-16-33(17-15-32)28(34)23-10-7-13-31(18-23)19-26-29-27(30-35-26)24-11-5-4-8-21(24)2/h4-6,8-9,11-12,23H,7,10,13-19H2,1-3H3. The highest BCUT2D eigenvalue weighted by Gasteiger charge is 2.32. The Morgan fingerprint density at radius 1 is 0.971 bits per heavy atom. The van der Waals surface area contributed by atoms with Gasteiger partial charge in [0.1, 0.15) is 0 Å². The summed E-state index contributed by atoms with van der Waals surface area (Å²) in [4.78, 5) is 24.8. The number of anilines is 1. The summed E-state index contributed by atoms with van der Waals surface area (Å²) >= 11 is 0. The van der Waals surface area contributed by atoms with Gasteiger partial charge in [0.05, 0.1) is 12.5 Å². The molecule has 1 aromatic heterocycles. The normalized spacial score (nSPS) is 19.2. The number of likely N-dealkylation sites (tertiary alicyclic amines) is 1. The van der Waals surface area contributed by atoms with Gasteiger partial charge >= 0.3 is 0 Å². The average molecular weight is 474 g/mol. The fourth-order valence-corrected chi connectivity index (χ4v) is 5.35. The zero-order valence-corrected chi connectivity index (χ0v) is 21.0. The summed E-state index contributed by atoms with van der Waals surface area (Å²) in [5.74, 6) is 1.57. The minimum absolute atomic E-state index is 0.0368. The third kappa shape index (κ3) is 5.10. The van der Waals surface area contributed by atoms with Crippen molar-refractivity contribution in [2.24, 2.45) is 5.92 Å². The number of amides is 1. The molecule has 0 N–H and O–H groups in total. The van der Waals surface area contributed by atoms with Crippen molar-refractivity contribution in [2.45, 2.75) is 40.2 Å². The first-order valence-corrected chi connectivity index (χ1v) is 12.7. The van der Waals surface area contributed by atoms with Gasteiger partial charge < -0.3 is 14.3 Å². The largest absolute Gasteiger partial charge is 0.368 e. The van der Waals surface area contributed by atoms with Crippen LogP contribution in [0.15, 0.2) is 47.0 Å². The summed E-state index contributed by atoms with van der Waals surface area (Å²) in [5, 5.41) is 4.19. The maximum Gasteiger partial charge on any atom is 0.241 e. The molecule has 0 radical (unpaired) electrons. The van der Waals surface area contributed by atoms with Crippen molar-refractivity contribution in [3.8, 4) is 11.4 Å². The smallest absolute Gasteiger partial charge is 0.241 e. The Balaban J connectivity index is 1.17. The van der Waals surface area contributed by atoms with Gasteiger partial charge in [-0.05, 0) is 62.9 Å². The lowest BCUT2D eigenvalue weighted by Gasteiger charge is -2.40. The van der Waals surface area contributed by atoms with Gasteiger partial charge in [-0.15, -0.1) is 0 Å². The fraction of sp³-hybridized carbons (Fsp3) is 0.464. The number of hydrogen-bond donors (Lipinski definition) is 0. The van der Waals surface area contributed by atoms with Gasteiger partial charge in [0.2, 0.25) is 17.6 Å². The molecule has 0 aliphatic carbocycles. The predicted molar refractivity (Wildman–Crippen MR) is 137 cm³/mol. The Morgan fingerprint density at radius 2 is 1.74 bits per heavy atom. The number of hydrogen-bond acceptors (Lipinski definition) is 6. The number of benzene rings is 2. The number of piperazine rings is 1. The second kappa shape index (κ2) is 10.2. The van der Waals surface area contributed by atoms with Crippen molar-refractivity contribution < 1.29 is 9.32 Å². The number of carbonyl (C=O) groups is 1. The molecule has 184 valence electrons. The fourth-order valence-electron chi connectivity index (χ4n) is 5.35. The van der Waals surface area contributed by atoms with Crippen molar-refractivity contribution >= 4 is 11.6 Å². The average Bonchev–Trinajstić information content (AvgIpc) is 3.34. The summed E-state index contributed by atoms with van der Waals surface area (Å²) in [6.07, 6.45) is 1.96. The molecule has 1 atom stereocenters. The topological polar surface area (TPSA) is 65.7 Å². The summed E-state index contributed by atoms with van der Waals surface area (Å²) in [6.45, 7) is 12.0. The number of nitrogens with zero attached hydrogens (tertiary/aromatic N) is 5. The molecule has 2 aliphatic heterocycles. The van der Waals surface area contributed by atoms with Gasteiger partial charge in [-0.2, -0.15) is 4.98 Å². The van der Waals surface area contributed by atoms with Crippen LogP contribution in [-0.2, 0) is 11.3 Å². The van der Waals surface area contributed by atoms with Gasteiger partial charge in [-0.3, -0.25) is 9.69 Å². The van der Waals surface area contributed by atoms with Crippen LogP contribution in [0.25, 0.3) is 11.4 Å². The monoisotopic (exact) mass is 473 g/mol. The molecule has 1 amide bonds. The molecule has 0 spiro atoms. The van der Waals surface area contributed by atoms with Crippen molar-refractivity contribution in [2.75, 3.05) is 44.2 Å². The Morgan fingerprint density at radius 3 is 2.54 bits per heavy atom. The Hall–Kier alpha value is -3.19. The van der Waals surface area contributed by atoms with E-state index in [-0.39, 0.29) is 5.92 Å².